The van der Waals surface area contributed by atoms with Crippen molar-refractivity contribution < 1.29 is 9.59 Å². The number of aromatic nitrogens is 1. The van der Waals surface area contributed by atoms with Crippen LogP contribution in [-0.2, 0) is 20.8 Å². The Morgan fingerprint density at radius 1 is 1.00 bits per heavy atom. The zero-order valence-electron chi connectivity index (χ0n) is 20.6. The van der Waals surface area contributed by atoms with Gasteiger partial charge in [-0.1, -0.05) is 57.5 Å². The predicted molar refractivity (Wildman–Crippen MR) is 142 cm³/mol. The summed E-state index contributed by atoms with van der Waals surface area (Å²) in [7, 11) is 0. The Labute approximate surface area is 210 Å². The molecule has 178 valence electrons. The minimum absolute atomic E-state index is 0.0159. The molecular weight excluding hydrogens is 460 g/mol. The predicted octanol–water partition coefficient (Wildman–Crippen LogP) is 7.18. The van der Waals surface area contributed by atoms with Crippen molar-refractivity contribution in [1.82, 2.24) is 4.98 Å². The van der Waals surface area contributed by atoms with Gasteiger partial charge in [0, 0.05) is 5.75 Å². The molecule has 0 radical (unpaired) electrons. The van der Waals surface area contributed by atoms with Crippen LogP contribution in [0.2, 0.25) is 0 Å². The molecule has 1 saturated heterocycles. The Kier molecular flexibility index (Phi) is 6.09. The summed E-state index contributed by atoms with van der Waals surface area (Å²) < 4.78 is 2.03. The van der Waals surface area contributed by atoms with Crippen LogP contribution in [0.1, 0.15) is 68.7 Å². The summed E-state index contributed by atoms with van der Waals surface area (Å²) in [5.41, 5.74) is 7.15. The molecule has 5 rings (SSSR count). The number of benzene rings is 2. The maximum Gasteiger partial charge on any atom is 0.237 e. The molecule has 1 saturated carbocycles. The number of amides is 2. The molecule has 1 aliphatic carbocycles. The van der Waals surface area contributed by atoms with Crippen molar-refractivity contribution in [2.75, 3.05) is 4.90 Å². The Balaban J connectivity index is 1.36. The molecule has 1 aliphatic heterocycles. The van der Waals surface area contributed by atoms with E-state index in [1.807, 2.05) is 18.2 Å². The van der Waals surface area contributed by atoms with E-state index in [0.717, 1.165) is 46.0 Å². The van der Waals surface area contributed by atoms with Crippen molar-refractivity contribution in [1.29, 1.82) is 0 Å². The fraction of sp³-hybridized carbons (Fsp3) is 0.464. The monoisotopic (exact) mass is 492 g/mol. The first-order valence-corrected chi connectivity index (χ1v) is 14.0. The van der Waals surface area contributed by atoms with E-state index in [2.05, 4.69) is 46.8 Å². The van der Waals surface area contributed by atoms with E-state index in [1.54, 1.807) is 23.1 Å². The highest BCUT2D eigenvalue weighted by Crippen LogP contribution is 2.41. The maximum absolute atomic E-state index is 13.0. The van der Waals surface area contributed by atoms with Gasteiger partial charge in [-0.05, 0) is 72.6 Å². The zero-order valence-corrected chi connectivity index (χ0v) is 22.2. The van der Waals surface area contributed by atoms with Crippen molar-refractivity contribution in [3.63, 3.8) is 0 Å². The molecular formula is C28H32N2O2S2. The standard InChI is InChI=1S/C28H32N2O2S2/c1-16-12-18(28(3,4)5)13-17(2)22(16)15-33-27-29-23-11-10-19(14-24(23)34-27)30-25(31)20-8-6-7-9-21(20)26(30)32/h10-14,20-21H,6-9,15H2,1-5H3/t20-,21-/m0/s1. The first kappa shape index (κ1) is 23.6. The van der Waals surface area contributed by atoms with Gasteiger partial charge in [0.2, 0.25) is 11.8 Å². The van der Waals surface area contributed by atoms with E-state index < -0.39 is 0 Å². The van der Waals surface area contributed by atoms with Crippen LogP contribution in [0.25, 0.3) is 10.2 Å². The molecule has 2 heterocycles. The van der Waals surface area contributed by atoms with E-state index in [-0.39, 0.29) is 29.1 Å². The first-order valence-electron chi connectivity index (χ1n) is 12.2. The quantitative estimate of drug-likeness (QED) is 0.286. The van der Waals surface area contributed by atoms with E-state index in [4.69, 9.17) is 4.98 Å². The van der Waals surface area contributed by atoms with Crippen molar-refractivity contribution >= 4 is 50.8 Å². The summed E-state index contributed by atoms with van der Waals surface area (Å²) in [6, 6.07) is 10.4. The van der Waals surface area contributed by atoms with Gasteiger partial charge < -0.3 is 0 Å². The highest BCUT2D eigenvalue weighted by Gasteiger charge is 2.48. The number of carbonyl (C=O) groups is 2. The van der Waals surface area contributed by atoms with Crippen molar-refractivity contribution in [3.05, 3.63) is 52.6 Å². The second-order valence-corrected chi connectivity index (χ2v) is 13.0. The summed E-state index contributed by atoms with van der Waals surface area (Å²) in [4.78, 5) is 32.2. The number of anilines is 1. The number of rotatable bonds is 4. The fourth-order valence-corrected chi connectivity index (χ4v) is 7.60. The summed E-state index contributed by atoms with van der Waals surface area (Å²) >= 11 is 3.40. The number of hydrogen-bond donors (Lipinski definition) is 0. The van der Waals surface area contributed by atoms with Gasteiger partial charge in [-0.25, -0.2) is 4.98 Å². The van der Waals surface area contributed by atoms with Crippen molar-refractivity contribution in [3.8, 4) is 0 Å². The molecule has 34 heavy (non-hydrogen) atoms. The number of thiazole rings is 1. The Morgan fingerprint density at radius 2 is 1.62 bits per heavy atom. The summed E-state index contributed by atoms with van der Waals surface area (Å²) in [5, 5.41) is 0. The van der Waals surface area contributed by atoms with Crippen molar-refractivity contribution in [2.45, 2.75) is 75.8 Å². The maximum atomic E-state index is 13.0. The largest absolute Gasteiger partial charge is 0.274 e. The molecule has 6 heteroatoms. The lowest BCUT2D eigenvalue weighted by Gasteiger charge is -2.22. The molecule has 1 aromatic heterocycles. The third-order valence-electron chi connectivity index (χ3n) is 7.35. The average Bonchev–Trinajstić information content (AvgIpc) is 3.30. The molecule has 0 spiro atoms. The number of hydrogen-bond acceptors (Lipinski definition) is 5. The molecule has 0 unspecified atom stereocenters. The minimum Gasteiger partial charge on any atom is -0.274 e. The third-order valence-corrected chi connectivity index (χ3v) is 9.54. The second-order valence-electron chi connectivity index (χ2n) is 10.8. The van der Waals surface area contributed by atoms with Gasteiger partial charge in [0.05, 0.1) is 27.7 Å². The van der Waals surface area contributed by atoms with Gasteiger partial charge in [0.15, 0.2) is 4.34 Å². The van der Waals surface area contributed by atoms with Crippen LogP contribution in [0.3, 0.4) is 0 Å². The lowest BCUT2D eigenvalue weighted by molar-refractivity contribution is -0.122. The lowest BCUT2D eigenvalue weighted by atomic mass is 9.81. The minimum atomic E-state index is -0.124. The number of carbonyl (C=O) groups excluding carboxylic acids is 2. The molecule has 0 bridgehead atoms. The Bertz CT molecular complexity index is 1240. The molecule has 4 nitrogen and oxygen atoms in total. The van der Waals surface area contributed by atoms with E-state index in [1.165, 1.54) is 27.2 Å². The van der Waals surface area contributed by atoms with E-state index >= 15 is 0 Å². The van der Waals surface area contributed by atoms with E-state index in [0.29, 0.717) is 5.69 Å². The molecule has 3 aromatic rings. The molecule has 0 N–H and O–H groups in total. The topological polar surface area (TPSA) is 50.3 Å². The summed E-state index contributed by atoms with van der Waals surface area (Å²) in [6.45, 7) is 11.2. The number of fused-ring (bicyclic) bond motifs is 2. The number of aryl methyl sites for hydroxylation is 2. The zero-order chi connectivity index (χ0) is 24.2. The highest BCUT2D eigenvalue weighted by molar-refractivity contribution is 8.00. The third kappa shape index (κ3) is 4.20. The summed E-state index contributed by atoms with van der Waals surface area (Å²) in [5.74, 6) is 0.596. The normalized spacial score (nSPS) is 20.9. The van der Waals surface area contributed by atoms with Gasteiger partial charge in [-0.3, -0.25) is 14.5 Å². The Morgan fingerprint density at radius 3 is 2.21 bits per heavy atom. The molecule has 2 aliphatic rings. The van der Waals surface area contributed by atoms with E-state index in [9.17, 15) is 9.59 Å². The number of imide groups is 1. The van der Waals surface area contributed by atoms with Gasteiger partial charge in [0.1, 0.15) is 0 Å². The lowest BCUT2D eigenvalue weighted by Crippen LogP contribution is -2.30. The number of nitrogens with zero attached hydrogens (tertiary/aromatic N) is 2. The second kappa shape index (κ2) is 8.80. The van der Waals surface area contributed by atoms with Crippen LogP contribution in [0, 0.1) is 25.7 Å². The highest BCUT2D eigenvalue weighted by atomic mass is 32.2. The smallest absolute Gasteiger partial charge is 0.237 e. The molecule has 2 amide bonds. The van der Waals surface area contributed by atoms with Crippen LogP contribution in [0.15, 0.2) is 34.7 Å². The van der Waals surface area contributed by atoms with Gasteiger partial charge >= 0.3 is 0 Å². The van der Waals surface area contributed by atoms with Crippen molar-refractivity contribution in [2.24, 2.45) is 11.8 Å². The molecule has 2 atom stereocenters. The SMILES string of the molecule is Cc1cc(C(C)(C)C)cc(C)c1CSc1nc2ccc(N3C(=O)[C@H]4CCCC[C@@H]4C3=O)cc2s1. The average molecular weight is 493 g/mol. The van der Waals surface area contributed by atoms with Crippen LogP contribution in [0.4, 0.5) is 5.69 Å². The van der Waals surface area contributed by atoms with Crippen LogP contribution in [0.5, 0.6) is 0 Å². The first-order chi connectivity index (χ1) is 16.1. The molecule has 2 aromatic carbocycles. The van der Waals surface area contributed by atoms with Crippen LogP contribution < -0.4 is 4.90 Å². The van der Waals surface area contributed by atoms with Gasteiger partial charge in [-0.15, -0.1) is 11.3 Å². The van der Waals surface area contributed by atoms with Gasteiger partial charge in [0.25, 0.3) is 0 Å². The van der Waals surface area contributed by atoms with Gasteiger partial charge in [-0.2, -0.15) is 0 Å². The fourth-order valence-electron chi connectivity index (χ4n) is 5.30. The molecule has 2 fully saturated rings. The summed E-state index contributed by atoms with van der Waals surface area (Å²) in [6.07, 6.45) is 3.76. The Hall–Kier alpha value is -2.18. The van der Waals surface area contributed by atoms with Crippen LogP contribution in [-0.4, -0.2) is 16.8 Å². The number of thioether (sulfide) groups is 1. The van der Waals surface area contributed by atoms with Crippen LogP contribution >= 0.6 is 23.1 Å².